The monoisotopic (exact) mass is 327 g/mol. The van der Waals surface area contributed by atoms with Crippen molar-refractivity contribution in [2.45, 2.75) is 0 Å². The van der Waals surface area contributed by atoms with E-state index in [0.29, 0.717) is 0 Å². The van der Waals surface area contributed by atoms with Crippen molar-refractivity contribution in [1.82, 2.24) is 10.2 Å². The van der Waals surface area contributed by atoms with Gasteiger partial charge in [-0.25, -0.2) is 5.32 Å². The molecule has 0 N–H and O–H groups in total. The molecular weight excluding hydrogens is 311 g/mol. The number of hydrogen-bond donors (Lipinski definition) is 0. The van der Waals surface area contributed by atoms with Crippen LogP contribution in [0, 0.1) is 3.57 Å². The molecule has 1 aliphatic rings. The summed E-state index contributed by atoms with van der Waals surface area (Å²) in [4.78, 5) is 2.44. The zero-order valence-electron chi connectivity index (χ0n) is 9.27. The maximum absolute atomic E-state index is 4.34. The van der Waals surface area contributed by atoms with Crippen LogP contribution in [-0.2, 0) is 0 Å². The molecule has 0 bridgehead atoms. The van der Waals surface area contributed by atoms with Gasteiger partial charge in [0.15, 0.2) is 0 Å². The van der Waals surface area contributed by atoms with Crippen molar-refractivity contribution < 1.29 is 0 Å². The van der Waals surface area contributed by atoms with E-state index in [1.807, 2.05) is 0 Å². The smallest absolute Gasteiger partial charge is 0.0261 e. The Morgan fingerprint density at radius 2 is 1.88 bits per heavy atom. The van der Waals surface area contributed by atoms with Crippen LogP contribution in [0.15, 0.2) is 30.3 Å². The number of halogens is 1. The summed E-state index contributed by atoms with van der Waals surface area (Å²) in [7, 11) is 0. The average molecular weight is 327 g/mol. The maximum Gasteiger partial charge on any atom is 0.0261 e. The molecule has 85 valence electrons. The van der Waals surface area contributed by atoms with Gasteiger partial charge >= 0.3 is 0 Å². The number of rotatable bonds is 3. The molecule has 1 saturated heterocycles. The molecule has 0 aromatic heterocycles. The van der Waals surface area contributed by atoms with E-state index in [-0.39, 0.29) is 0 Å². The lowest BCUT2D eigenvalue weighted by Gasteiger charge is -2.24. The normalized spacial score (nSPS) is 18.1. The molecule has 0 amide bonds. The quantitative estimate of drug-likeness (QED) is 0.779. The standard InChI is InChI=1S/C13H16IN2/c14-13-5-3-12(4-6-13)2-1-9-16-10-7-15-8-11-16/h1-6H,7-11H2. The maximum atomic E-state index is 4.34. The Hall–Kier alpha value is -0.390. The van der Waals surface area contributed by atoms with Crippen molar-refractivity contribution in [3.05, 3.63) is 39.5 Å². The van der Waals surface area contributed by atoms with Crippen molar-refractivity contribution in [2.24, 2.45) is 0 Å². The Morgan fingerprint density at radius 1 is 1.19 bits per heavy atom. The number of hydrogen-bond acceptors (Lipinski definition) is 1. The third-order valence-electron chi connectivity index (χ3n) is 2.69. The van der Waals surface area contributed by atoms with Gasteiger partial charge in [-0.1, -0.05) is 24.3 Å². The summed E-state index contributed by atoms with van der Waals surface area (Å²) in [6.45, 7) is 5.25. The van der Waals surface area contributed by atoms with E-state index in [9.17, 15) is 0 Å². The lowest BCUT2D eigenvalue weighted by atomic mass is 10.2. The van der Waals surface area contributed by atoms with Crippen LogP contribution in [0.4, 0.5) is 0 Å². The molecule has 2 rings (SSSR count). The van der Waals surface area contributed by atoms with Crippen molar-refractivity contribution in [3.63, 3.8) is 0 Å². The minimum atomic E-state index is 0.997. The van der Waals surface area contributed by atoms with Gasteiger partial charge in [-0.15, -0.1) is 0 Å². The molecule has 0 aliphatic carbocycles. The highest BCUT2D eigenvalue weighted by Gasteiger charge is 2.07. The van der Waals surface area contributed by atoms with Crippen LogP contribution in [0.3, 0.4) is 0 Å². The fourth-order valence-corrected chi connectivity index (χ4v) is 2.10. The Bertz CT molecular complexity index is 339. The Morgan fingerprint density at radius 3 is 2.56 bits per heavy atom. The van der Waals surface area contributed by atoms with Crippen LogP contribution in [0.1, 0.15) is 5.56 Å². The number of piperazine rings is 1. The van der Waals surface area contributed by atoms with E-state index in [2.05, 4.69) is 69.2 Å². The van der Waals surface area contributed by atoms with Gasteiger partial charge < -0.3 is 0 Å². The molecule has 16 heavy (non-hydrogen) atoms. The molecule has 0 saturated carbocycles. The van der Waals surface area contributed by atoms with Gasteiger partial charge in [0.1, 0.15) is 0 Å². The molecule has 1 aliphatic heterocycles. The zero-order valence-corrected chi connectivity index (χ0v) is 11.4. The van der Waals surface area contributed by atoms with Crippen LogP contribution >= 0.6 is 22.6 Å². The fraction of sp³-hybridized carbons (Fsp3) is 0.385. The van der Waals surface area contributed by atoms with Gasteiger partial charge in [-0.05, 0) is 40.3 Å². The second-order valence-electron chi connectivity index (χ2n) is 3.93. The Balaban J connectivity index is 1.82. The van der Waals surface area contributed by atoms with Crippen molar-refractivity contribution >= 4 is 28.7 Å². The first-order valence-corrected chi connectivity index (χ1v) is 6.70. The highest BCUT2D eigenvalue weighted by atomic mass is 127. The lowest BCUT2D eigenvalue weighted by Crippen LogP contribution is -2.40. The highest BCUT2D eigenvalue weighted by molar-refractivity contribution is 14.1. The van der Waals surface area contributed by atoms with Crippen LogP contribution in [0.2, 0.25) is 0 Å². The van der Waals surface area contributed by atoms with E-state index in [0.717, 1.165) is 32.7 Å². The molecule has 1 aromatic carbocycles. The van der Waals surface area contributed by atoms with E-state index >= 15 is 0 Å². The third kappa shape index (κ3) is 3.88. The molecule has 3 heteroatoms. The summed E-state index contributed by atoms with van der Waals surface area (Å²) < 4.78 is 1.28. The summed E-state index contributed by atoms with van der Waals surface area (Å²) in [5, 5.41) is 4.34. The minimum Gasteiger partial charge on any atom is -0.297 e. The van der Waals surface area contributed by atoms with E-state index < -0.39 is 0 Å². The topological polar surface area (TPSA) is 17.3 Å². The van der Waals surface area contributed by atoms with Gasteiger partial charge in [-0.2, -0.15) is 0 Å². The molecular formula is C13H16IN2. The Kier molecular flexibility index (Phi) is 4.81. The van der Waals surface area contributed by atoms with E-state index in [1.165, 1.54) is 9.13 Å². The second kappa shape index (κ2) is 6.37. The molecule has 1 heterocycles. The third-order valence-corrected chi connectivity index (χ3v) is 3.41. The predicted octanol–water partition coefficient (Wildman–Crippen LogP) is 2.22. The average Bonchev–Trinajstić information content (AvgIpc) is 2.33. The lowest BCUT2D eigenvalue weighted by molar-refractivity contribution is 0.262. The Labute approximate surface area is 111 Å². The molecule has 1 radical (unpaired) electrons. The second-order valence-corrected chi connectivity index (χ2v) is 5.17. The summed E-state index contributed by atoms with van der Waals surface area (Å²) in [5.74, 6) is 0. The van der Waals surface area contributed by atoms with Gasteiger partial charge in [-0.3, -0.25) is 4.90 Å². The molecule has 0 unspecified atom stereocenters. The zero-order chi connectivity index (χ0) is 11.2. The van der Waals surface area contributed by atoms with E-state index in [1.54, 1.807) is 0 Å². The first-order chi connectivity index (χ1) is 7.84. The molecule has 1 aromatic rings. The summed E-state index contributed by atoms with van der Waals surface area (Å²) in [6.07, 6.45) is 4.44. The van der Waals surface area contributed by atoms with Crippen LogP contribution < -0.4 is 5.32 Å². The van der Waals surface area contributed by atoms with Gasteiger partial charge in [0, 0.05) is 36.3 Å². The molecule has 2 nitrogen and oxygen atoms in total. The summed E-state index contributed by atoms with van der Waals surface area (Å²) in [5.41, 5.74) is 1.28. The predicted molar refractivity (Wildman–Crippen MR) is 76.5 cm³/mol. The van der Waals surface area contributed by atoms with E-state index in [4.69, 9.17) is 0 Å². The highest BCUT2D eigenvalue weighted by Crippen LogP contribution is 2.08. The van der Waals surface area contributed by atoms with Crippen molar-refractivity contribution in [1.29, 1.82) is 0 Å². The largest absolute Gasteiger partial charge is 0.297 e. The summed E-state index contributed by atoms with van der Waals surface area (Å²) >= 11 is 2.33. The van der Waals surface area contributed by atoms with Crippen LogP contribution in [-0.4, -0.2) is 37.6 Å². The molecule has 0 spiro atoms. The van der Waals surface area contributed by atoms with Crippen molar-refractivity contribution in [2.75, 3.05) is 32.7 Å². The van der Waals surface area contributed by atoms with Gasteiger partial charge in [0.05, 0.1) is 0 Å². The van der Waals surface area contributed by atoms with Crippen LogP contribution in [0.5, 0.6) is 0 Å². The SMILES string of the molecule is Ic1ccc(C=CCN2CC[N]CC2)cc1. The number of nitrogens with zero attached hydrogens (tertiary/aromatic N) is 2. The first-order valence-electron chi connectivity index (χ1n) is 5.62. The van der Waals surface area contributed by atoms with Crippen molar-refractivity contribution in [3.8, 4) is 0 Å². The van der Waals surface area contributed by atoms with Gasteiger partial charge in [0.2, 0.25) is 0 Å². The molecule has 1 fully saturated rings. The van der Waals surface area contributed by atoms with Crippen LogP contribution in [0.25, 0.3) is 6.08 Å². The molecule has 0 atom stereocenters. The fourth-order valence-electron chi connectivity index (χ4n) is 1.74. The first kappa shape index (κ1) is 12.1. The van der Waals surface area contributed by atoms with Gasteiger partial charge in [0.25, 0.3) is 0 Å². The number of benzene rings is 1. The summed E-state index contributed by atoms with van der Waals surface area (Å²) in [6, 6.07) is 8.59. The minimum absolute atomic E-state index is 0.997.